The van der Waals surface area contributed by atoms with Gasteiger partial charge < -0.3 is 9.84 Å². The molecule has 1 aromatic heterocycles. The molecular formula is C9H13ClN2O2. The van der Waals surface area contributed by atoms with Gasteiger partial charge in [-0.3, -0.25) is 4.79 Å². The molecule has 14 heavy (non-hydrogen) atoms. The lowest BCUT2D eigenvalue weighted by atomic mass is 10.2. The molecule has 0 aliphatic rings. The third-order valence-electron chi connectivity index (χ3n) is 1.67. The molecule has 0 saturated heterocycles. The highest BCUT2D eigenvalue weighted by molar-refractivity contribution is 6.33. The van der Waals surface area contributed by atoms with Crippen LogP contribution in [0.1, 0.15) is 30.1 Å². The van der Waals surface area contributed by atoms with Gasteiger partial charge in [0.05, 0.1) is 5.69 Å². The molecule has 4 nitrogen and oxygen atoms in total. The second-order valence-corrected chi connectivity index (χ2v) is 3.89. The molecule has 0 bridgehead atoms. The highest BCUT2D eigenvalue weighted by Gasteiger charge is 2.18. The summed E-state index contributed by atoms with van der Waals surface area (Å²) in [6, 6.07) is 0. The van der Waals surface area contributed by atoms with E-state index in [1.807, 2.05) is 13.8 Å². The number of aromatic nitrogens is 1. The highest BCUT2D eigenvalue weighted by atomic mass is 35.5. The van der Waals surface area contributed by atoms with Crippen molar-refractivity contribution in [1.82, 2.24) is 10.5 Å². The monoisotopic (exact) mass is 216 g/mol. The zero-order valence-corrected chi connectivity index (χ0v) is 9.18. The van der Waals surface area contributed by atoms with Crippen molar-refractivity contribution in [2.24, 2.45) is 5.92 Å². The lowest BCUT2D eigenvalue weighted by Gasteiger charge is -2.04. The van der Waals surface area contributed by atoms with E-state index in [2.05, 4.69) is 10.5 Å². The molecule has 0 spiro atoms. The van der Waals surface area contributed by atoms with Gasteiger partial charge in [0, 0.05) is 6.54 Å². The van der Waals surface area contributed by atoms with Crippen LogP contribution in [-0.4, -0.2) is 17.6 Å². The molecule has 1 heterocycles. The Balaban J connectivity index is 2.66. The first-order valence-electron chi connectivity index (χ1n) is 4.42. The molecule has 5 heteroatoms. The Labute approximate surface area is 87.6 Å². The van der Waals surface area contributed by atoms with Crippen molar-refractivity contribution in [3.8, 4) is 0 Å². The fourth-order valence-corrected chi connectivity index (χ4v) is 1.03. The first kappa shape index (κ1) is 11.0. The van der Waals surface area contributed by atoms with Gasteiger partial charge >= 0.3 is 0 Å². The Kier molecular flexibility index (Phi) is 3.52. The Morgan fingerprint density at radius 2 is 2.29 bits per heavy atom. The summed E-state index contributed by atoms with van der Waals surface area (Å²) >= 11 is 5.80. The molecule has 0 radical (unpaired) electrons. The number of nitrogens with one attached hydrogen (secondary N) is 1. The van der Waals surface area contributed by atoms with Crippen LogP contribution in [0.5, 0.6) is 0 Å². The summed E-state index contributed by atoms with van der Waals surface area (Å²) in [7, 11) is 0. The average molecular weight is 217 g/mol. The molecule has 0 aromatic carbocycles. The summed E-state index contributed by atoms with van der Waals surface area (Å²) in [6.07, 6.45) is 0. The topological polar surface area (TPSA) is 55.1 Å². The summed E-state index contributed by atoms with van der Waals surface area (Å²) in [4.78, 5) is 11.5. The van der Waals surface area contributed by atoms with Gasteiger partial charge in [0.15, 0.2) is 0 Å². The average Bonchev–Trinajstić information content (AvgIpc) is 2.44. The molecule has 0 atom stereocenters. The number of rotatable bonds is 3. The number of carbonyl (C=O) groups is 1. The van der Waals surface area contributed by atoms with Crippen LogP contribution < -0.4 is 5.32 Å². The van der Waals surface area contributed by atoms with E-state index < -0.39 is 0 Å². The van der Waals surface area contributed by atoms with Crippen LogP contribution in [0.3, 0.4) is 0 Å². The minimum Gasteiger partial charge on any atom is -0.349 e. The Hall–Kier alpha value is -1.03. The number of hydrogen-bond donors (Lipinski definition) is 1. The van der Waals surface area contributed by atoms with Crippen molar-refractivity contribution in [2.45, 2.75) is 20.8 Å². The summed E-state index contributed by atoms with van der Waals surface area (Å²) in [6.45, 7) is 6.29. The fourth-order valence-electron chi connectivity index (χ4n) is 0.877. The normalized spacial score (nSPS) is 10.6. The van der Waals surface area contributed by atoms with Crippen LogP contribution in [-0.2, 0) is 0 Å². The van der Waals surface area contributed by atoms with Crippen molar-refractivity contribution in [2.75, 3.05) is 6.54 Å². The van der Waals surface area contributed by atoms with Gasteiger partial charge in [-0.1, -0.05) is 30.6 Å². The van der Waals surface area contributed by atoms with E-state index in [0.29, 0.717) is 18.2 Å². The fraction of sp³-hybridized carbons (Fsp3) is 0.556. The smallest absolute Gasteiger partial charge is 0.291 e. The summed E-state index contributed by atoms with van der Waals surface area (Å²) < 4.78 is 4.80. The first-order valence-corrected chi connectivity index (χ1v) is 4.80. The minimum atomic E-state index is -0.315. The number of hydrogen-bond acceptors (Lipinski definition) is 3. The largest absolute Gasteiger partial charge is 0.349 e. The number of aryl methyl sites for hydroxylation is 1. The summed E-state index contributed by atoms with van der Waals surface area (Å²) in [5.41, 5.74) is 0.529. The van der Waals surface area contributed by atoms with Crippen molar-refractivity contribution in [3.63, 3.8) is 0 Å². The number of amides is 1. The predicted octanol–water partition coefficient (Wildman–Crippen LogP) is 2.02. The van der Waals surface area contributed by atoms with Crippen molar-refractivity contribution < 1.29 is 9.32 Å². The molecule has 0 aliphatic carbocycles. The van der Waals surface area contributed by atoms with Crippen LogP contribution >= 0.6 is 11.6 Å². The van der Waals surface area contributed by atoms with Gasteiger partial charge in [0.25, 0.3) is 5.91 Å². The van der Waals surface area contributed by atoms with Crippen LogP contribution in [0, 0.1) is 12.8 Å². The van der Waals surface area contributed by atoms with Gasteiger partial charge in [-0.15, -0.1) is 0 Å². The Morgan fingerprint density at radius 1 is 1.64 bits per heavy atom. The van der Waals surface area contributed by atoms with Crippen LogP contribution in [0.25, 0.3) is 0 Å². The third-order valence-corrected chi connectivity index (χ3v) is 2.11. The highest BCUT2D eigenvalue weighted by Crippen LogP contribution is 2.19. The van der Waals surface area contributed by atoms with Crippen molar-refractivity contribution >= 4 is 17.5 Å². The van der Waals surface area contributed by atoms with Gasteiger partial charge in [-0.25, -0.2) is 0 Å². The lowest BCUT2D eigenvalue weighted by molar-refractivity contribution is 0.0912. The van der Waals surface area contributed by atoms with E-state index in [0.717, 1.165) is 0 Å². The summed E-state index contributed by atoms with van der Waals surface area (Å²) in [5, 5.41) is 6.58. The molecule has 0 unspecified atom stereocenters. The van der Waals surface area contributed by atoms with Gasteiger partial charge in [-0.05, 0) is 12.8 Å². The molecule has 0 fully saturated rings. The zero-order valence-electron chi connectivity index (χ0n) is 8.43. The van der Waals surface area contributed by atoms with E-state index in [-0.39, 0.29) is 16.7 Å². The number of nitrogens with zero attached hydrogens (tertiary/aromatic N) is 1. The molecule has 1 rings (SSSR count). The van der Waals surface area contributed by atoms with E-state index in [1.165, 1.54) is 0 Å². The van der Waals surface area contributed by atoms with Crippen molar-refractivity contribution in [1.29, 1.82) is 0 Å². The molecular weight excluding hydrogens is 204 g/mol. The van der Waals surface area contributed by atoms with E-state index in [9.17, 15) is 4.79 Å². The van der Waals surface area contributed by atoms with Gasteiger partial charge in [0.1, 0.15) is 5.02 Å². The first-order chi connectivity index (χ1) is 6.52. The molecule has 1 amide bonds. The second-order valence-electron chi connectivity index (χ2n) is 3.51. The van der Waals surface area contributed by atoms with Gasteiger partial charge in [-0.2, -0.15) is 0 Å². The zero-order chi connectivity index (χ0) is 10.7. The molecule has 1 aromatic rings. The van der Waals surface area contributed by atoms with Crippen molar-refractivity contribution in [3.05, 3.63) is 16.5 Å². The Morgan fingerprint density at radius 3 is 2.71 bits per heavy atom. The van der Waals surface area contributed by atoms with E-state index in [4.69, 9.17) is 16.1 Å². The predicted molar refractivity (Wildman–Crippen MR) is 53.4 cm³/mol. The van der Waals surface area contributed by atoms with Gasteiger partial charge in [0.2, 0.25) is 5.76 Å². The van der Waals surface area contributed by atoms with E-state index in [1.54, 1.807) is 6.92 Å². The maximum atomic E-state index is 11.5. The molecule has 0 aliphatic heterocycles. The molecule has 78 valence electrons. The molecule has 0 saturated carbocycles. The SMILES string of the molecule is Cc1noc(C(=O)NCC(C)C)c1Cl. The van der Waals surface area contributed by atoms with Crippen LogP contribution in [0.4, 0.5) is 0 Å². The standard InChI is InChI=1S/C9H13ClN2O2/c1-5(2)4-11-9(13)8-7(10)6(3)12-14-8/h5H,4H2,1-3H3,(H,11,13). The Bertz CT molecular complexity index is 334. The lowest BCUT2D eigenvalue weighted by Crippen LogP contribution is -2.27. The third kappa shape index (κ3) is 2.48. The molecule has 1 N–H and O–H groups in total. The quantitative estimate of drug-likeness (QED) is 0.841. The number of halogens is 1. The second kappa shape index (κ2) is 4.46. The maximum absolute atomic E-state index is 11.5. The van der Waals surface area contributed by atoms with Crippen LogP contribution in [0.15, 0.2) is 4.52 Å². The maximum Gasteiger partial charge on any atom is 0.291 e. The van der Waals surface area contributed by atoms with E-state index >= 15 is 0 Å². The number of carbonyl (C=O) groups excluding carboxylic acids is 1. The minimum absolute atomic E-state index is 0.0878. The summed E-state index contributed by atoms with van der Waals surface area (Å²) in [5.74, 6) is 0.163. The van der Waals surface area contributed by atoms with Crippen LogP contribution in [0.2, 0.25) is 5.02 Å².